The number of nitrogens with zero attached hydrogens (tertiary/aromatic N) is 1. The third-order valence-electron chi connectivity index (χ3n) is 2.76. The second kappa shape index (κ2) is 4.60. The van der Waals surface area contributed by atoms with Crippen LogP contribution in [0.2, 0.25) is 0 Å². The van der Waals surface area contributed by atoms with Crippen molar-refractivity contribution in [1.82, 2.24) is 10.3 Å². The van der Waals surface area contributed by atoms with Crippen LogP contribution < -0.4 is 5.32 Å². The highest BCUT2D eigenvalue weighted by Gasteiger charge is 2.38. The molecule has 1 aliphatic heterocycles. The number of ether oxygens (including phenoxy) is 1. The molecule has 1 N–H and O–H groups in total. The Morgan fingerprint density at radius 3 is 3.07 bits per heavy atom. The molecule has 84 valence electrons. The second-order valence-corrected chi connectivity index (χ2v) is 4.96. The van der Waals surface area contributed by atoms with E-state index in [1.807, 2.05) is 6.92 Å². The first kappa shape index (κ1) is 11.0. The van der Waals surface area contributed by atoms with Gasteiger partial charge in [0, 0.05) is 17.7 Å². The zero-order chi connectivity index (χ0) is 10.7. The van der Waals surface area contributed by atoms with Crippen molar-refractivity contribution in [2.75, 3.05) is 19.8 Å². The number of rotatable bonds is 4. The van der Waals surface area contributed by atoms with Crippen molar-refractivity contribution in [3.8, 4) is 0 Å². The Bertz CT molecular complexity index is 318. The summed E-state index contributed by atoms with van der Waals surface area (Å²) in [5, 5.41) is 6.90. The highest BCUT2D eigenvalue weighted by molar-refractivity contribution is 7.09. The van der Waals surface area contributed by atoms with E-state index in [4.69, 9.17) is 4.74 Å². The molecule has 0 aromatic carbocycles. The van der Waals surface area contributed by atoms with Crippen LogP contribution in [0, 0.1) is 6.92 Å². The smallest absolute Gasteiger partial charge is 0.115 e. The molecule has 1 atom stereocenters. The molecule has 1 aromatic heterocycles. The van der Waals surface area contributed by atoms with Crippen molar-refractivity contribution in [3.63, 3.8) is 0 Å². The molecular formula is C11H18N2OS. The highest BCUT2D eigenvalue weighted by Crippen LogP contribution is 2.32. The Kier molecular flexibility index (Phi) is 3.38. The quantitative estimate of drug-likeness (QED) is 0.853. The van der Waals surface area contributed by atoms with Crippen LogP contribution in [-0.4, -0.2) is 24.7 Å². The van der Waals surface area contributed by atoms with Crippen LogP contribution in [0.4, 0.5) is 0 Å². The van der Waals surface area contributed by atoms with Gasteiger partial charge in [0.25, 0.3) is 0 Å². The van der Waals surface area contributed by atoms with Gasteiger partial charge in [0.05, 0.1) is 12.1 Å². The zero-order valence-electron chi connectivity index (χ0n) is 9.38. The van der Waals surface area contributed by atoms with Crippen LogP contribution in [-0.2, 0) is 10.3 Å². The summed E-state index contributed by atoms with van der Waals surface area (Å²) < 4.78 is 5.53. The number of aryl methyl sites for hydroxylation is 1. The zero-order valence-corrected chi connectivity index (χ0v) is 10.2. The maximum atomic E-state index is 5.53. The molecule has 0 amide bonds. The minimum absolute atomic E-state index is 0.00502. The lowest BCUT2D eigenvalue weighted by atomic mass is 9.99. The van der Waals surface area contributed by atoms with E-state index in [0.29, 0.717) is 0 Å². The first-order chi connectivity index (χ1) is 7.27. The minimum Gasteiger partial charge on any atom is -0.379 e. The van der Waals surface area contributed by atoms with Gasteiger partial charge in [-0.25, -0.2) is 4.98 Å². The van der Waals surface area contributed by atoms with E-state index in [2.05, 4.69) is 22.6 Å². The second-order valence-electron chi connectivity index (χ2n) is 4.11. The average molecular weight is 226 g/mol. The van der Waals surface area contributed by atoms with Crippen molar-refractivity contribution < 1.29 is 4.74 Å². The summed E-state index contributed by atoms with van der Waals surface area (Å²) in [5.74, 6) is 0. The van der Waals surface area contributed by atoms with Crippen LogP contribution in [0.15, 0.2) is 5.38 Å². The van der Waals surface area contributed by atoms with Gasteiger partial charge in [-0.3, -0.25) is 0 Å². The molecule has 15 heavy (non-hydrogen) atoms. The third kappa shape index (κ3) is 2.22. The summed E-state index contributed by atoms with van der Waals surface area (Å²) >= 11 is 1.74. The fraction of sp³-hybridized carbons (Fsp3) is 0.727. The predicted molar refractivity (Wildman–Crippen MR) is 62.3 cm³/mol. The first-order valence-corrected chi connectivity index (χ1v) is 6.40. The molecule has 1 unspecified atom stereocenters. The molecular weight excluding hydrogens is 208 g/mol. The molecule has 1 aromatic rings. The van der Waals surface area contributed by atoms with Gasteiger partial charge in [-0.2, -0.15) is 0 Å². The van der Waals surface area contributed by atoms with E-state index in [-0.39, 0.29) is 5.54 Å². The van der Waals surface area contributed by atoms with E-state index in [0.717, 1.165) is 38.3 Å². The van der Waals surface area contributed by atoms with Crippen molar-refractivity contribution >= 4 is 11.3 Å². The Balaban J connectivity index is 2.18. The van der Waals surface area contributed by atoms with Gasteiger partial charge in [-0.05, 0) is 26.3 Å². The fourth-order valence-corrected chi connectivity index (χ4v) is 2.88. The van der Waals surface area contributed by atoms with E-state index in [1.165, 1.54) is 5.01 Å². The summed E-state index contributed by atoms with van der Waals surface area (Å²) in [5.41, 5.74) is 1.11. The molecule has 0 radical (unpaired) electrons. The van der Waals surface area contributed by atoms with Gasteiger partial charge in [0.1, 0.15) is 5.01 Å². The Morgan fingerprint density at radius 2 is 2.53 bits per heavy atom. The number of nitrogens with one attached hydrogen (secondary N) is 1. The average Bonchev–Trinajstić information content (AvgIpc) is 2.84. The summed E-state index contributed by atoms with van der Waals surface area (Å²) in [6.07, 6.45) is 2.19. The number of thiazole rings is 1. The van der Waals surface area contributed by atoms with Gasteiger partial charge >= 0.3 is 0 Å². The summed E-state index contributed by atoms with van der Waals surface area (Å²) in [6.45, 7) is 6.87. The number of hydrogen-bond acceptors (Lipinski definition) is 4. The molecule has 0 aliphatic carbocycles. The lowest BCUT2D eigenvalue weighted by Gasteiger charge is -2.26. The normalized spacial score (nSPS) is 26.0. The maximum absolute atomic E-state index is 5.53. The van der Waals surface area contributed by atoms with Crippen molar-refractivity contribution in [1.29, 1.82) is 0 Å². The molecule has 4 heteroatoms. The van der Waals surface area contributed by atoms with Gasteiger partial charge in [0.15, 0.2) is 0 Å². The van der Waals surface area contributed by atoms with Gasteiger partial charge in [-0.15, -0.1) is 11.3 Å². The molecule has 1 aliphatic rings. The third-order valence-corrected chi connectivity index (χ3v) is 3.93. The maximum Gasteiger partial charge on any atom is 0.115 e. The summed E-state index contributed by atoms with van der Waals surface area (Å²) in [7, 11) is 0. The lowest BCUT2D eigenvalue weighted by Crippen LogP contribution is -2.43. The van der Waals surface area contributed by atoms with Gasteiger partial charge in [0.2, 0.25) is 0 Å². The van der Waals surface area contributed by atoms with E-state index in [1.54, 1.807) is 11.3 Å². The highest BCUT2D eigenvalue weighted by atomic mass is 32.1. The first-order valence-electron chi connectivity index (χ1n) is 5.52. The van der Waals surface area contributed by atoms with Gasteiger partial charge in [-0.1, -0.05) is 6.92 Å². The monoisotopic (exact) mass is 226 g/mol. The fourth-order valence-electron chi connectivity index (χ4n) is 1.89. The minimum atomic E-state index is -0.00502. The molecule has 1 saturated heterocycles. The van der Waals surface area contributed by atoms with Crippen molar-refractivity contribution in [3.05, 3.63) is 16.1 Å². The van der Waals surface area contributed by atoms with Crippen LogP contribution >= 0.6 is 11.3 Å². The molecule has 3 nitrogen and oxygen atoms in total. The van der Waals surface area contributed by atoms with Crippen LogP contribution in [0.25, 0.3) is 0 Å². The molecule has 0 bridgehead atoms. The Morgan fingerprint density at radius 1 is 1.67 bits per heavy atom. The number of aromatic nitrogens is 1. The van der Waals surface area contributed by atoms with Crippen molar-refractivity contribution in [2.45, 2.75) is 32.2 Å². The SMILES string of the molecule is CCCNC1(c2nc(C)cs2)CCOC1. The lowest BCUT2D eigenvalue weighted by molar-refractivity contribution is 0.166. The van der Waals surface area contributed by atoms with Crippen molar-refractivity contribution in [2.24, 2.45) is 0 Å². The van der Waals surface area contributed by atoms with Crippen LogP contribution in [0.1, 0.15) is 30.5 Å². The molecule has 2 heterocycles. The topological polar surface area (TPSA) is 34.2 Å². The molecule has 0 spiro atoms. The Hall–Kier alpha value is -0.450. The van der Waals surface area contributed by atoms with E-state index < -0.39 is 0 Å². The largest absolute Gasteiger partial charge is 0.379 e. The molecule has 1 fully saturated rings. The van der Waals surface area contributed by atoms with E-state index >= 15 is 0 Å². The van der Waals surface area contributed by atoms with Gasteiger partial charge < -0.3 is 10.1 Å². The summed E-state index contributed by atoms with van der Waals surface area (Å²) in [4.78, 5) is 4.59. The standard InChI is InChI=1S/C11H18N2OS/c1-3-5-12-11(4-6-14-8-11)10-13-9(2)7-15-10/h7,12H,3-6,8H2,1-2H3. The van der Waals surface area contributed by atoms with Crippen LogP contribution in [0.5, 0.6) is 0 Å². The summed E-state index contributed by atoms with van der Waals surface area (Å²) in [6, 6.07) is 0. The molecule has 0 saturated carbocycles. The molecule has 2 rings (SSSR count). The predicted octanol–water partition coefficient (Wildman–Crippen LogP) is 2.07. The number of hydrogen-bond donors (Lipinski definition) is 1. The van der Waals surface area contributed by atoms with E-state index in [9.17, 15) is 0 Å². The Labute approximate surface area is 94.9 Å². The van der Waals surface area contributed by atoms with Crippen LogP contribution in [0.3, 0.4) is 0 Å².